The molecule has 0 heterocycles. The topological polar surface area (TPSA) is 95.0 Å². The SMILES string of the molecule is CN=C(NCCCc1ccc(O)cc1)NCC(C)(C)NC(=O)OC(C)(C)C.I. The van der Waals surface area contributed by atoms with Crippen LogP contribution in [0.3, 0.4) is 0 Å². The smallest absolute Gasteiger partial charge is 0.408 e. The Morgan fingerprint density at radius 2 is 1.71 bits per heavy atom. The number of nitrogens with zero attached hydrogens (tertiary/aromatic N) is 1. The third kappa shape index (κ3) is 11.9. The maximum absolute atomic E-state index is 11.9. The first-order valence-electron chi connectivity index (χ1n) is 9.24. The average Bonchev–Trinajstić information content (AvgIpc) is 2.53. The number of alkyl carbamates (subject to hydrolysis) is 1. The molecule has 0 unspecified atom stereocenters. The number of amides is 1. The zero-order valence-electron chi connectivity index (χ0n) is 17.8. The summed E-state index contributed by atoms with van der Waals surface area (Å²) in [6.07, 6.45) is 1.41. The molecule has 0 aliphatic rings. The Hall–Kier alpha value is -1.71. The van der Waals surface area contributed by atoms with Crippen LogP contribution in [0.2, 0.25) is 0 Å². The maximum atomic E-state index is 11.9. The minimum atomic E-state index is -0.525. The summed E-state index contributed by atoms with van der Waals surface area (Å²) in [7, 11) is 1.71. The van der Waals surface area contributed by atoms with E-state index in [-0.39, 0.29) is 29.7 Å². The Bertz CT molecular complexity index is 625. The molecule has 1 rings (SSSR count). The van der Waals surface area contributed by atoms with Crippen molar-refractivity contribution in [3.8, 4) is 5.75 Å². The van der Waals surface area contributed by atoms with Gasteiger partial charge in [0.2, 0.25) is 0 Å². The van der Waals surface area contributed by atoms with Crippen LogP contribution in [0.5, 0.6) is 5.75 Å². The van der Waals surface area contributed by atoms with Gasteiger partial charge in [-0.2, -0.15) is 0 Å². The number of phenols is 1. The fraction of sp³-hybridized carbons (Fsp3) is 0.600. The molecule has 1 amide bonds. The highest BCUT2D eigenvalue weighted by molar-refractivity contribution is 14.0. The van der Waals surface area contributed by atoms with E-state index in [1.165, 1.54) is 5.56 Å². The number of phenolic OH excluding ortho intramolecular Hbond substituents is 1. The number of ether oxygens (including phenoxy) is 1. The van der Waals surface area contributed by atoms with Crippen LogP contribution in [0.1, 0.15) is 46.6 Å². The molecule has 0 radical (unpaired) electrons. The predicted octanol–water partition coefficient (Wildman–Crippen LogP) is 3.41. The maximum Gasteiger partial charge on any atom is 0.408 e. The number of aryl methyl sites for hydroxylation is 1. The van der Waals surface area contributed by atoms with E-state index >= 15 is 0 Å². The van der Waals surface area contributed by atoms with Crippen molar-refractivity contribution in [3.63, 3.8) is 0 Å². The first-order chi connectivity index (χ1) is 12.5. The Morgan fingerprint density at radius 3 is 2.25 bits per heavy atom. The van der Waals surface area contributed by atoms with Gasteiger partial charge < -0.3 is 25.8 Å². The van der Waals surface area contributed by atoms with Crippen LogP contribution < -0.4 is 16.0 Å². The second kappa shape index (κ2) is 12.0. The number of nitrogens with one attached hydrogen (secondary N) is 3. The molecule has 0 atom stereocenters. The highest BCUT2D eigenvalue weighted by Gasteiger charge is 2.24. The van der Waals surface area contributed by atoms with Crippen molar-refractivity contribution in [3.05, 3.63) is 29.8 Å². The minimum absolute atomic E-state index is 0. The molecule has 8 heteroatoms. The number of benzene rings is 1. The Kier molecular flexibility index (Phi) is 11.2. The number of hydrogen-bond acceptors (Lipinski definition) is 4. The average molecular weight is 506 g/mol. The largest absolute Gasteiger partial charge is 0.508 e. The number of rotatable bonds is 7. The van der Waals surface area contributed by atoms with Gasteiger partial charge in [-0.1, -0.05) is 12.1 Å². The molecule has 0 bridgehead atoms. The first kappa shape index (κ1) is 26.3. The van der Waals surface area contributed by atoms with Crippen LogP contribution in [0.4, 0.5) is 4.79 Å². The van der Waals surface area contributed by atoms with Crippen molar-refractivity contribution in [1.82, 2.24) is 16.0 Å². The number of carbonyl (C=O) groups excluding carboxylic acids is 1. The van der Waals surface area contributed by atoms with E-state index in [2.05, 4.69) is 20.9 Å². The summed E-state index contributed by atoms with van der Waals surface area (Å²) in [4.78, 5) is 16.1. The number of guanidine groups is 1. The van der Waals surface area contributed by atoms with Gasteiger partial charge in [-0.05, 0) is 65.2 Å². The molecule has 0 saturated carbocycles. The van der Waals surface area contributed by atoms with Crippen LogP contribution in [0, 0.1) is 0 Å². The van der Waals surface area contributed by atoms with Crippen molar-refractivity contribution in [1.29, 1.82) is 0 Å². The van der Waals surface area contributed by atoms with Crippen molar-refractivity contribution >= 4 is 36.0 Å². The van der Waals surface area contributed by atoms with Gasteiger partial charge in [-0.15, -0.1) is 24.0 Å². The number of carbonyl (C=O) groups is 1. The van der Waals surface area contributed by atoms with Crippen molar-refractivity contribution in [2.24, 2.45) is 4.99 Å². The fourth-order valence-corrected chi connectivity index (χ4v) is 2.31. The van der Waals surface area contributed by atoms with Crippen molar-refractivity contribution in [2.45, 2.75) is 58.6 Å². The molecule has 0 aliphatic heterocycles. The molecular weight excluding hydrogens is 471 g/mol. The molecule has 4 N–H and O–H groups in total. The molecule has 1 aromatic carbocycles. The summed E-state index contributed by atoms with van der Waals surface area (Å²) in [5.41, 5.74) is 0.162. The van der Waals surface area contributed by atoms with E-state index in [0.29, 0.717) is 12.5 Å². The van der Waals surface area contributed by atoms with E-state index < -0.39 is 17.2 Å². The van der Waals surface area contributed by atoms with Crippen molar-refractivity contribution < 1.29 is 14.6 Å². The van der Waals surface area contributed by atoms with E-state index in [0.717, 1.165) is 19.4 Å². The van der Waals surface area contributed by atoms with Crippen molar-refractivity contribution in [2.75, 3.05) is 20.1 Å². The molecule has 0 spiro atoms. The normalized spacial score (nSPS) is 12.0. The van der Waals surface area contributed by atoms with Gasteiger partial charge in [-0.3, -0.25) is 4.99 Å². The zero-order valence-corrected chi connectivity index (χ0v) is 20.1. The standard InChI is InChI=1S/C20H34N4O3.HI/c1-19(2,3)27-18(26)24-20(4,5)14-23-17(21-6)22-13-7-8-15-9-11-16(25)12-10-15;/h9-12,25H,7-8,13-14H2,1-6H3,(H,24,26)(H2,21,22,23);1H. The lowest BCUT2D eigenvalue weighted by atomic mass is 10.1. The lowest BCUT2D eigenvalue weighted by Gasteiger charge is -2.29. The number of aliphatic imine (C=N–C) groups is 1. The summed E-state index contributed by atoms with van der Waals surface area (Å²) < 4.78 is 5.30. The Balaban J connectivity index is 0.00000729. The van der Waals surface area contributed by atoms with Gasteiger partial charge in [0.05, 0.1) is 5.54 Å². The fourth-order valence-electron chi connectivity index (χ4n) is 2.31. The third-order valence-corrected chi connectivity index (χ3v) is 3.63. The van der Waals surface area contributed by atoms with E-state index in [1.54, 1.807) is 19.2 Å². The molecular formula is C20H35IN4O3. The van der Waals surface area contributed by atoms with Crippen LogP contribution in [-0.4, -0.2) is 48.4 Å². The number of hydrogen-bond donors (Lipinski definition) is 4. The zero-order chi connectivity index (χ0) is 20.5. The highest BCUT2D eigenvalue weighted by atomic mass is 127. The van der Waals surface area contributed by atoms with Crippen LogP contribution >= 0.6 is 24.0 Å². The van der Waals surface area contributed by atoms with E-state index in [4.69, 9.17) is 4.74 Å². The summed E-state index contributed by atoms with van der Waals surface area (Å²) in [5.74, 6) is 0.962. The van der Waals surface area contributed by atoms with Gasteiger partial charge in [0.25, 0.3) is 0 Å². The summed E-state index contributed by atoms with van der Waals surface area (Å²) in [5, 5.41) is 18.6. The first-order valence-corrected chi connectivity index (χ1v) is 9.24. The molecule has 0 aliphatic carbocycles. The molecule has 7 nitrogen and oxygen atoms in total. The lowest BCUT2D eigenvalue weighted by molar-refractivity contribution is 0.0474. The Labute approximate surface area is 185 Å². The molecule has 0 aromatic heterocycles. The second-order valence-corrected chi connectivity index (χ2v) is 8.13. The van der Waals surface area contributed by atoms with Crippen LogP contribution in [0.25, 0.3) is 0 Å². The predicted molar refractivity (Wildman–Crippen MR) is 125 cm³/mol. The molecule has 160 valence electrons. The van der Waals surface area contributed by atoms with Crippen LogP contribution in [-0.2, 0) is 11.2 Å². The number of aromatic hydroxyl groups is 1. The second-order valence-electron chi connectivity index (χ2n) is 8.13. The molecule has 1 aromatic rings. The van der Waals surface area contributed by atoms with Gasteiger partial charge in [0, 0.05) is 20.1 Å². The lowest BCUT2D eigenvalue weighted by Crippen LogP contribution is -2.54. The summed E-state index contributed by atoms with van der Waals surface area (Å²) in [6.45, 7) is 10.6. The monoisotopic (exact) mass is 506 g/mol. The van der Waals surface area contributed by atoms with E-state index in [1.807, 2.05) is 46.8 Å². The van der Waals surface area contributed by atoms with Gasteiger partial charge in [0.15, 0.2) is 5.96 Å². The van der Waals surface area contributed by atoms with E-state index in [9.17, 15) is 9.90 Å². The van der Waals surface area contributed by atoms with Gasteiger partial charge in [-0.25, -0.2) is 4.79 Å². The van der Waals surface area contributed by atoms with Gasteiger partial charge >= 0.3 is 6.09 Å². The Morgan fingerprint density at radius 1 is 1.11 bits per heavy atom. The minimum Gasteiger partial charge on any atom is -0.508 e. The number of halogens is 1. The molecule has 0 saturated heterocycles. The van der Waals surface area contributed by atoms with Gasteiger partial charge in [0.1, 0.15) is 11.4 Å². The molecule has 0 fully saturated rings. The third-order valence-electron chi connectivity index (χ3n) is 3.63. The van der Waals surface area contributed by atoms with Crippen LogP contribution in [0.15, 0.2) is 29.3 Å². The summed E-state index contributed by atoms with van der Waals surface area (Å²) >= 11 is 0. The summed E-state index contributed by atoms with van der Waals surface area (Å²) in [6, 6.07) is 7.24. The quantitative estimate of drug-likeness (QED) is 0.197. The molecule has 28 heavy (non-hydrogen) atoms. The highest BCUT2D eigenvalue weighted by Crippen LogP contribution is 2.11.